The van der Waals surface area contributed by atoms with Crippen LogP contribution in [0.3, 0.4) is 0 Å². The molecule has 84 valence electrons. The molecule has 0 saturated carbocycles. The highest BCUT2D eigenvalue weighted by Crippen LogP contribution is 2.13. The summed E-state index contributed by atoms with van der Waals surface area (Å²) in [5.74, 6) is -0.185. The molecule has 0 spiro atoms. The van der Waals surface area contributed by atoms with Gasteiger partial charge in [-0.25, -0.2) is 0 Å². The van der Waals surface area contributed by atoms with Gasteiger partial charge in [-0.05, 0) is 31.8 Å². The zero-order chi connectivity index (χ0) is 11.3. The highest BCUT2D eigenvalue weighted by Gasteiger charge is 2.13. The summed E-state index contributed by atoms with van der Waals surface area (Å²) in [5, 5.41) is 2.07. The highest BCUT2D eigenvalue weighted by atomic mass is 32.1. The molecule has 15 heavy (non-hydrogen) atoms. The van der Waals surface area contributed by atoms with Gasteiger partial charge in [0.2, 0.25) is 0 Å². The van der Waals surface area contributed by atoms with Crippen LogP contribution in [0.5, 0.6) is 0 Å². The van der Waals surface area contributed by atoms with Gasteiger partial charge >= 0.3 is 5.97 Å². The summed E-state index contributed by atoms with van der Waals surface area (Å²) in [5.41, 5.74) is 0. The molecule has 1 aromatic rings. The van der Waals surface area contributed by atoms with E-state index in [0.717, 1.165) is 6.42 Å². The van der Waals surface area contributed by atoms with Crippen LogP contribution in [0.1, 0.15) is 11.8 Å². The van der Waals surface area contributed by atoms with Crippen molar-refractivity contribution >= 4 is 17.3 Å². The van der Waals surface area contributed by atoms with Crippen LogP contribution in [-0.4, -0.2) is 37.6 Å². The van der Waals surface area contributed by atoms with Crippen molar-refractivity contribution in [3.8, 4) is 0 Å². The SMILES string of the molecule is COC(=O)CN(C)C(C)Cc1cccs1. The number of methoxy groups -OCH3 is 1. The summed E-state index contributed by atoms with van der Waals surface area (Å²) in [6, 6.07) is 4.52. The van der Waals surface area contributed by atoms with Gasteiger partial charge < -0.3 is 4.74 Å². The third-order valence-electron chi connectivity index (χ3n) is 2.44. The van der Waals surface area contributed by atoms with Crippen LogP contribution in [-0.2, 0) is 16.0 Å². The van der Waals surface area contributed by atoms with Gasteiger partial charge in [-0.15, -0.1) is 11.3 Å². The number of nitrogens with zero attached hydrogens (tertiary/aromatic N) is 1. The second kappa shape index (κ2) is 5.88. The zero-order valence-electron chi connectivity index (χ0n) is 9.40. The summed E-state index contributed by atoms with van der Waals surface area (Å²) in [7, 11) is 3.36. The number of hydrogen-bond acceptors (Lipinski definition) is 4. The molecule has 1 rings (SSSR count). The first-order valence-electron chi connectivity index (χ1n) is 4.93. The Hall–Kier alpha value is -0.870. The molecular formula is C11H17NO2S. The lowest BCUT2D eigenvalue weighted by Crippen LogP contribution is -2.35. The molecule has 0 aliphatic heterocycles. The molecule has 1 heterocycles. The molecule has 1 unspecified atom stereocenters. The van der Waals surface area contributed by atoms with Gasteiger partial charge in [-0.3, -0.25) is 9.69 Å². The molecule has 0 N–H and O–H groups in total. The Morgan fingerprint density at radius 3 is 2.93 bits per heavy atom. The molecule has 4 heteroatoms. The van der Waals surface area contributed by atoms with Crippen molar-refractivity contribution in [2.24, 2.45) is 0 Å². The largest absolute Gasteiger partial charge is 0.468 e. The number of thiophene rings is 1. The monoisotopic (exact) mass is 227 g/mol. The first-order valence-corrected chi connectivity index (χ1v) is 5.81. The number of ether oxygens (including phenoxy) is 1. The predicted octanol–water partition coefficient (Wildman–Crippen LogP) is 1.78. The first kappa shape index (κ1) is 12.2. The Bertz CT molecular complexity index is 298. The minimum Gasteiger partial charge on any atom is -0.468 e. The van der Waals surface area contributed by atoms with Gasteiger partial charge in [-0.2, -0.15) is 0 Å². The van der Waals surface area contributed by atoms with E-state index in [1.807, 2.05) is 18.0 Å². The minimum atomic E-state index is -0.185. The molecule has 0 aromatic carbocycles. The fourth-order valence-corrected chi connectivity index (χ4v) is 2.13. The molecule has 0 saturated heterocycles. The summed E-state index contributed by atoms with van der Waals surface area (Å²) in [4.78, 5) is 14.4. The molecule has 0 bridgehead atoms. The molecule has 1 atom stereocenters. The second-order valence-electron chi connectivity index (χ2n) is 3.62. The van der Waals surface area contributed by atoms with Gasteiger partial charge in [0.05, 0.1) is 13.7 Å². The van der Waals surface area contributed by atoms with E-state index in [0.29, 0.717) is 12.6 Å². The first-order chi connectivity index (χ1) is 7.13. The minimum absolute atomic E-state index is 0.185. The van der Waals surface area contributed by atoms with Crippen LogP contribution >= 0.6 is 11.3 Å². The third-order valence-corrected chi connectivity index (χ3v) is 3.33. The zero-order valence-corrected chi connectivity index (χ0v) is 10.2. The maximum absolute atomic E-state index is 11.1. The van der Waals surface area contributed by atoms with Crippen molar-refractivity contribution in [3.05, 3.63) is 22.4 Å². The smallest absolute Gasteiger partial charge is 0.319 e. The van der Waals surface area contributed by atoms with Crippen LogP contribution < -0.4 is 0 Å². The molecule has 0 aliphatic carbocycles. The van der Waals surface area contributed by atoms with Gasteiger partial charge in [-0.1, -0.05) is 6.07 Å². The van der Waals surface area contributed by atoms with Crippen molar-refractivity contribution < 1.29 is 9.53 Å². The molecule has 3 nitrogen and oxygen atoms in total. The van der Waals surface area contributed by atoms with E-state index in [1.54, 1.807) is 11.3 Å². The standard InChI is InChI=1S/C11H17NO2S/c1-9(7-10-5-4-6-15-10)12(2)8-11(13)14-3/h4-6,9H,7-8H2,1-3H3. The van der Waals surface area contributed by atoms with Crippen LogP contribution in [0, 0.1) is 0 Å². The molecule has 0 amide bonds. The van der Waals surface area contributed by atoms with Crippen molar-refractivity contribution in [1.82, 2.24) is 4.90 Å². The Balaban J connectivity index is 2.39. The number of carbonyl (C=O) groups is 1. The fraction of sp³-hybridized carbons (Fsp3) is 0.545. The quantitative estimate of drug-likeness (QED) is 0.718. The van der Waals surface area contributed by atoms with Crippen molar-refractivity contribution in [1.29, 1.82) is 0 Å². The Morgan fingerprint density at radius 2 is 2.40 bits per heavy atom. The Labute approximate surface area is 94.7 Å². The average molecular weight is 227 g/mol. The molecule has 1 aromatic heterocycles. The summed E-state index contributed by atoms with van der Waals surface area (Å²) in [6.07, 6.45) is 0.977. The maximum atomic E-state index is 11.1. The van der Waals surface area contributed by atoms with Crippen LogP contribution in [0.15, 0.2) is 17.5 Å². The van der Waals surface area contributed by atoms with E-state index in [2.05, 4.69) is 23.1 Å². The van der Waals surface area contributed by atoms with Gasteiger partial charge in [0, 0.05) is 10.9 Å². The molecule has 0 radical (unpaired) electrons. The van der Waals surface area contributed by atoms with Crippen molar-refractivity contribution in [3.63, 3.8) is 0 Å². The van der Waals surface area contributed by atoms with E-state index < -0.39 is 0 Å². The highest BCUT2D eigenvalue weighted by molar-refractivity contribution is 7.09. The van der Waals surface area contributed by atoms with Crippen LogP contribution in [0.2, 0.25) is 0 Å². The fourth-order valence-electron chi connectivity index (χ4n) is 1.30. The van der Waals surface area contributed by atoms with Gasteiger partial charge in [0.25, 0.3) is 0 Å². The normalized spacial score (nSPS) is 12.8. The van der Waals surface area contributed by atoms with Crippen LogP contribution in [0.25, 0.3) is 0 Å². The Morgan fingerprint density at radius 1 is 1.67 bits per heavy atom. The summed E-state index contributed by atoms with van der Waals surface area (Å²) >= 11 is 1.75. The summed E-state index contributed by atoms with van der Waals surface area (Å²) < 4.78 is 4.63. The molecule has 0 aliphatic rings. The maximum Gasteiger partial charge on any atom is 0.319 e. The number of likely N-dealkylation sites (N-methyl/N-ethyl adjacent to an activating group) is 1. The molecular weight excluding hydrogens is 210 g/mol. The van der Waals surface area contributed by atoms with Crippen LogP contribution in [0.4, 0.5) is 0 Å². The number of carbonyl (C=O) groups excluding carboxylic acids is 1. The lowest BCUT2D eigenvalue weighted by Gasteiger charge is -2.22. The van der Waals surface area contributed by atoms with Gasteiger partial charge in [0.1, 0.15) is 0 Å². The Kier molecular flexibility index (Phi) is 4.78. The van der Waals surface area contributed by atoms with Crippen molar-refractivity contribution in [2.75, 3.05) is 20.7 Å². The van der Waals surface area contributed by atoms with E-state index in [-0.39, 0.29) is 5.97 Å². The van der Waals surface area contributed by atoms with E-state index >= 15 is 0 Å². The topological polar surface area (TPSA) is 29.5 Å². The molecule has 0 fully saturated rings. The second-order valence-corrected chi connectivity index (χ2v) is 4.66. The van der Waals surface area contributed by atoms with Gasteiger partial charge in [0.15, 0.2) is 0 Å². The van der Waals surface area contributed by atoms with E-state index in [4.69, 9.17) is 0 Å². The van der Waals surface area contributed by atoms with E-state index in [9.17, 15) is 4.79 Å². The predicted molar refractivity (Wildman–Crippen MR) is 62.1 cm³/mol. The average Bonchev–Trinajstić information content (AvgIpc) is 2.70. The van der Waals surface area contributed by atoms with Crippen molar-refractivity contribution in [2.45, 2.75) is 19.4 Å². The number of hydrogen-bond donors (Lipinski definition) is 0. The number of esters is 1. The third kappa shape index (κ3) is 4.01. The van der Waals surface area contributed by atoms with E-state index in [1.165, 1.54) is 12.0 Å². The summed E-state index contributed by atoms with van der Waals surface area (Å²) in [6.45, 7) is 2.46. The lowest BCUT2D eigenvalue weighted by atomic mass is 10.2. The lowest BCUT2D eigenvalue weighted by molar-refractivity contribution is -0.142. The number of rotatable bonds is 5.